The van der Waals surface area contributed by atoms with Crippen molar-refractivity contribution in [2.24, 2.45) is 0 Å². The van der Waals surface area contributed by atoms with Gasteiger partial charge in [0.05, 0.1) is 5.69 Å². The van der Waals surface area contributed by atoms with Crippen LogP contribution in [0.3, 0.4) is 0 Å². The topological polar surface area (TPSA) is 42.0 Å². The zero-order valence-corrected chi connectivity index (χ0v) is 12.5. The minimum Gasteiger partial charge on any atom is -0.320 e. The lowest BCUT2D eigenvalue weighted by molar-refractivity contribution is 0.102. The molecule has 0 aliphatic carbocycles. The van der Waals surface area contributed by atoms with Gasteiger partial charge in [0.15, 0.2) is 5.01 Å². The smallest absolute Gasteiger partial charge is 0.284 e. The fraction of sp³-hybridized carbons (Fsp3) is 0. The van der Waals surface area contributed by atoms with Crippen LogP contribution in [-0.2, 0) is 0 Å². The fourth-order valence-corrected chi connectivity index (χ4v) is 2.68. The van der Waals surface area contributed by atoms with E-state index in [0.717, 1.165) is 16.9 Å². The lowest BCUT2D eigenvalue weighted by Gasteiger charge is -2.01. The maximum Gasteiger partial charge on any atom is 0.284 e. The summed E-state index contributed by atoms with van der Waals surface area (Å²) in [5, 5.41) is 5.80. The summed E-state index contributed by atoms with van der Waals surface area (Å²) in [6, 6.07) is 16.7. The predicted molar refractivity (Wildman–Crippen MR) is 87.0 cm³/mol. The molecule has 0 atom stereocenters. The standard InChI is InChI=1S/C16H11ClN2OS/c17-12-8-6-11(7-9-12)14-10-21-16(19-14)15(20)18-13-4-2-1-3-5-13/h1-10H,(H,18,20). The monoisotopic (exact) mass is 314 g/mol. The summed E-state index contributed by atoms with van der Waals surface area (Å²) in [6.45, 7) is 0. The van der Waals surface area contributed by atoms with Gasteiger partial charge in [-0.25, -0.2) is 4.98 Å². The van der Waals surface area contributed by atoms with E-state index >= 15 is 0 Å². The summed E-state index contributed by atoms with van der Waals surface area (Å²) in [6.07, 6.45) is 0. The van der Waals surface area contributed by atoms with Crippen molar-refractivity contribution < 1.29 is 4.79 Å². The van der Waals surface area contributed by atoms with Crippen molar-refractivity contribution in [1.29, 1.82) is 0 Å². The molecule has 0 aliphatic rings. The van der Waals surface area contributed by atoms with Crippen molar-refractivity contribution in [3.63, 3.8) is 0 Å². The van der Waals surface area contributed by atoms with Crippen LogP contribution in [0.2, 0.25) is 5.02 Å². The zero-order chi connectivity index (χ0) is 14.7. The summed E-state index contributed by atoms with van der Waals surface area (Å²) in [5.74, 6) is -0.202. The van der Waals surface area contributed by atoms with Crippen LogP contribution < -0.4 is 5.32 Å². The summed E-state index contributed by atoms with van der Waals surface area (Å²) in [5.41, 5.74) is 2.47. The Morgan fingerprint density at radius 3 is 2.48 bits per heavy atom. The molecule has 1 aromatic heterocycles. The first-order valence-corrected chi connectivity index (χ1v) is 7.56. The maximum absolute atomic E-state index is 12.1. The van der Waals surface area contributed by atoms with Crippen molar-refractivity contribution >= 4 is 34.5 Å². The number of carbonyl (C=O) groups excluding carboxylic acids is 1. The van der Waals surface area contributed by atoms with E-state index in [1.54, 1.807) is 12.1 Å². The Bertz CT molecular complexity index is 753. The molecule has 0 unspecified atom stereocenters. The second kappa shape index (κ2) is 6.08. The molecule has 104 valence electrons. The quantitative estimate of drug-likeness (QED) is 0.760. The summed E-state index contributed by atoms with van der Waals surface area (Å²) in [4.78, 5) is 16.5. The van der Waals surface area contributed by atoms with E-state index < -0.39 is 0 Å². The van der Waals surface area contributed by atoms with Crippen molar-refractivity contribution in [1.82, 2.24) is 4.98 Å². The average Bonchev–Trinajstić information content (AvgIpc) is 2.99. The number of nitrogens with one attached hydrogen (secondary N) is 1. The van der Waals surface area contributed by atoms with Gasteiger partial charge >= 0.3 is 0 Å². The number of thiazole rings is 1. The normalized spacial score (nSPS) is 10.3. The van der Waals surface area contributed by atoms with Crippen molar-refractivity contribution in [2.45, 2.75) is 0 Å². The molecule has 3 rings (SSSR count). The van der Waals surface area contributed by atoms with Gasteiger partial charge in [0, 0.05) is 21.7 Å². The van der Waals surface area contributed by atoms with E-state index in [0.29, 0.717) is 10.0 Å². The second-order valence-corrected chi connectivity index (χ2v) is 5.66. The molecule has 2 aromatic carbocycles. The zero-order valence-electron chi connectivity index (χ0n) is 10.9. The van der Waals surface area contributed by atoms with Gasteiger partial charge in [0.1, 0.15) is 0 Å². The van der Waals surface area contributed by atoms with Crippen LogP contribution in [0.1, 0.15) is 9.80 Å². The molecular weight excluding hydrogens is 304 g/mol. The molecule has 5 heteroatoms. The van der Waals surface area contributed by atoms with Gasteiger partial charge in [-0.05, 0) is 24.3 Å². The Labute approximate surface area is 131 Å². The van der Waals surface area contributed by atoms with Crippen molar-refractivity contribution in [3.8, 4) is 11.3 Å². The van der Waals surface area contributed by atoms with Crippen LogP contribution in [0.25, 0.3) is 11.3 Å². The Kier molecular flexibility index (Phi) is 3.99. The van der Waals surface area contributed by atoms with Gasteiger partial charge in [-0.15, -0.1) is 11.3 Å². The number of carbonyl (C=O) groups is 1. The number of anilines is 1. The highest BCUT2D eigenvalue weighted by molar-refractivity contribution is 7.12. The third-order valence-electron chi connectivity index (χ3n) is 2.87. The summed E-state index contributed by atoms with van der Waals surface area (Å²) < 4.78 is 0. The number of rotatable bonds is 3. The number of hydrogen-bond donors (Lipinski definition) is 1. The first-order valence-electron chi connectivity index (χ1n) is 6.30. The Balaban J connectivity index is 1.78. The molecule has 1 heterocycles. The Morgan fingerprint density at radius 1 is 1.05 bits per heavy atom. The highest BCUT2D eigenvalue weighted by atomic mass is 35.5. The molecule has 21 heavy (non-hydrogen) atoms. The number of nitrogens with zero attached hydrogens (tertiary/aromatic N) is 1. The molecule has 3 aromatic rings. The molecule has 0 bridgehead atoms. The first-order chi connectivity index (χ1) is 10.2. The number of halogens is 1. The van der Waals surface area contributed by atoms with Crippen LogP contribution in [0.4, 0.5) is 5.69 Å². The lowest BCUT2D eigenvalue weighted by Crippen LogP contribution is -2.11. The average molecular weight is 315 g/mol. The van der Waals surface area contributed by atoms with E-state index in [2.05, 4.69) is 10.3 Å². The van der Waals surface area contributed by atoms with Gasteiger partial charge in [-0.3, -0.25) is 4.79 Å². The van der Waals surface area contributed by atoms with E-state index in [9.17, 15) is 4.79 Å². The maximum atomic E-state index is 12.1. The number of hydrogen-bond acceptors (Lipinski definition) is 3. The minimum absolute atomic E-state index is 0.202. The van der Waals surface area contributed by atoms with Gasteiger partial charge in [-0.1, -0.05) is 41.9 Å². The molecule has 0 spiro atoms. The highest BCUT2D eigenvalue weighted by Crippen LogP contribution is 2.24. The Hall–Kier alpha value is -2.17. The lowest BCUT2D eigenvalue weighted by atomic mass is 10.2. The first kappa shape index (κ1) is 13.8. The molecule has 0 saturated carbocycles. The Morgan fingerprint density at radius 2 is 1.76 bits per heavy atom. The SMILES string of the molecule is O=C(Nc1ccccc1)c1nc(-c2ccc(Cl)cc2)cs1. The summed E-state index contributed by atoms with van der Waals surface area (Å²) >= 11 is 7.18. The molecule has 0 radical (unpaired) electrons. The molecule has 0 aliphatic heterocycles. The number of para-hydroxylation sites is 1. The molecule has 3 nitrogen and oxygen atoms in total. The van der Waals surface area contributed by atoms with Gasteiger partial charge in [0.25, 0.3) is 5.91 Å². The van der Waals surface area contributed by atoms with E-state index in [4.69, 9.17) is 11.6 Å². The molecule has 0 fully saturated rings. The molecule has 1 amide bonds. The molecule has 0 saturated heterocycles. The van der Waals surface area contributed by atoms with Gasteiger partial charge < -0.3 is 5.32 Å². The predicted octanol–water partition coefficient (Wildman–Crippen LogP) is 4.72. The van der Waals surface area contributed by atoms with Crippen molar-refractivity contribution in [3.05, 3.63) is 70.0 Å². The van der Waals surface area contributed by atoms with Crippen molar-refractivity contribution in [2.75, 3.05) is 5.32 Å². The van der Waals surface area contributed by atoms with Crippen LogP contribution in [0.15, 0.2) is 60.0 Å². The third-order valence-corrected chi connectivity index (χ3v) is 3.96. The van der Waals surface area contributed by atoms with Gasteiger partial charge in [-0.2, -0.15) is 0 Å². The van der Waals surface area contributed by atoms with E-state index in [-0.39, 0.29) is 5.91 Å². The molecule has 1 N–H and O–H groups in total. The highest BCUT2D eigenvalue weighted by Gasteiger charge is 2.12. The third kappa shape index (κ3) is 3.29. The van der Waals surface area contributed by atoms with Crippen LogP contribution in [0.5, 0.6) is 0 Å². The van der Waals surface area contributed by atoms with E-state index in [1.807, 2.05) is 47.8 Å². The second-order valence-electron chi connectivity index (χ2n) is 4.36. The summed E-state index contributed by atoms with van der Waals surface area (Å²) in [7, 11) is 0. The fourth-order valence-electron chi connectivity index (χ4n) is 1.84. The van der Waals surface area contributed by atoms with Gasteiger partial charge in [0.2, 0.25) is 0 Å². The minimum atomic E-state index is -0.202. The van der Waals surface area contributed by atoms with Crippen LogP contribution >= 0.6 is 22.9 Å². The number of amides is 1. The number of benzene rings is 2. The largest absolute Gasteiger partial charge is 0.320 e. The van der Waals surface area contributed by atoms with E-state index in [1.165, 1.54) is 11.3 Å². The van der Waals surface area contributed by atoms with Crippen LogP contribution in [-0.4, -0.2) is 10.9 Å². The van der Waals surface area contributed by atoms with Crippen LogP contribution in [0, 0.1) is 0 Å². The number of aromatic nitrogens is 1. The molecular formula is C16H11ClN2OS.